The Morgan fingerprint density at radius 3 is 2.41 bits per heavy atom. The highest BCUT2D eigenvalue weighted by Gasteiger charge is 2.18. The molecule has 22 heavy (non-hydrogen) atoms. The number of amides is 2. The van der Waals surface area contributed by atoms with Gasteiger partial charge in [0.25, 0.3) is 0 Å². The molecule has 12 heteroatoms. The minimum atomic E-state index is -3.46. The van der Waals surface area contributed by atoms with Crippen molar-refractivity contribution in [2.45, 2.75) is 19.9 Å². The van der Waals surface area contributed by atoms with Crippen LogP contribution in [0.1, 0.15) is 13.8 Å². The number of carbonyl (C=O) groups is 2. The summed E-state index contributed by atoms with van der Waals surface area (Å²) in [7, 11) is -3.46. The summed E-state index contributed by atoms with van der Waals surface area (Å²) in [6.45, 7) is 3.32. The van der Waals surface area contributed by atoms with Gasteiger partial charge >= 0.3 is 0 Å². The molecule has 1 heterocycles. The zero-order valence-electron chi connectivity index (χ0n) is 12.3. The van der Waals surface area contributed by atoms with Gasteiger partial charge in [-0.25, -0.2) is 8.42 Å². The molecule has 0 radical (unpaired) electrons. The van der Waals surface area contributed by atoms with E-state index in [-0.39, 0.29) is 22.7 Å². The topological polar surface area (TPSA) is 156 Å². The number of nitrogens with one attached hydrogen (secondary N) is 3. The monoisotopic (exact) mass is 350 g/mol. The summed E-state index contributed by atoms with van der Waals surface area (Å²) < 4.78 is 24.2. The third-order valence-corrected chi connectivity index (χ3v) is 3.84. The van der Waals surface area contributed by atoms with Crippen LogP contribution in [0.5, 0.6) is 0 Å². The molecule has 0 unspecified atom stereocenters. The quantitative estimate of drug-likeness (QED) is 0.488. The largest absolute Gasteiger partial charge is 0.346 e. The number of aromatic nitrogens is 2. The van der Waals surface area contributed by atoms with Crippen molar-refractivity contribution in [2.24, 2.45) is 11.7 Å². The summed E-state index contributed by atoms with van der Waals surface area (Å²) in [5.41, 5.74) is 5.63. The van der Waals surface area contributed by atoms with Gasteiger partial charge in [0.15, 0.2) is 0 Å². The summed E-state index contributed by atoms with van der Waals surface area (Å²) in [4.78, 5) is 23.2. The lowest BCUT2D eigenvalue weighted by molar-refractivity contribution is -0.125. The number of sulfonamides is 1. The fraction of sp³-hybridized carbons (Fsp3) is 0.600. The van der Waals surface area contributed by atoms with Gasteiger partial charge in [-0.2, -0.15) is 0 Å². The van der Waals surface area contributed by atoms with Crippen molar-refractivity contribution in [3.8, 4) is 0 Å². The molecule has 5 N–H and O–H groups in total. The van der Waals surface area contributed by atoms with E-state index in [2.05, 4.69) is 25.6 Å². The molecule has 0 aliphatic rings. The van der Waals surface area contributed by atoms with Crippen LogP contribution in [0.3, 0.4) is 0 Å². The van der Waals surface area contributed by atoms with Crippen LogP contribution in [0.15, 0.2) is 0 Å². The molecule has 1 atom stereocenters. The van der Waals surface area contributed by atoms with Crippen molar-refractivity contribution < 1.29 is 18.0 Å². The lowest BCUT2D eigenvalue weighted by Crippen LogP contribution is -2.46. The van der Waals surface area contributed by atoms with Crippen LogP contribution in [-0.4, -0.2) is 49.3 Å². The van der Waals surface area contributed by atoms with Crippen LogP contribution in [0.2, 0.25) is 0 Å². The van der Waals surface area contributed by atoms with E-state index in [4.69, 9.17) is 5.73 Å². The Morgan fingerprint density at radius 2 is 1.86 bits per heavy atom. The molecule has 0 aliphatic heterocycles. The third-order valence-electron chi connectivity index (χ3n) is 2.39. The van der Waals surface area contributed by atoms with Crippen molar-refractivity contribution in [3.05, 3.63) is 0 Å². The first kappa shape index (κ1) is 18.3. The molecular formula is C10H18N6O4S2. The number of hydrogen-bond donors (Lipinski definition) is 4. The van der Waals surface area contributed by atoms with Crippen LogP contribution in [-0.2, 0) is 19.6 Å². The minimum Gasteiger partial charge on any atom is -0.346 e. The van der Waals surface area contributed by atoms with Crippen molar-refractivity contribution in [2.75, 3.05) is 22.8 Å². The molecule has 0 saturated heterocycles. The maximum absolute atomic E-state index is 11.6. The Hall–Kier alpha value is -1.79. The molecule has 1 aromatic rings. The highest BCUT2D eigenvalue weighted by atomic mass is 32.2. The molecule has 1 aromatic heterocycles. The number of carbonyl (C=O) groups excluding carboxylic acids is 2. The van der Waals surface area contributed by atoms with E-state index >= 15 is 0 Å². The van der Waals surface area contributed by atoms with Crippen LogP contribution < -0.4 is 21.1 Å². The third kappa shape index (κ3) is 6.32. The second-order valence-corrected chi connectivity index (χ2v) is 7.55. The Labute approximate surface area is 131 Å². The molecule has 1 rings (SSSR count). The first-order valence-corrected chi connectivity index (χ1v) is 8.93. The molecular weight excluding hydrogens is 332 g/mol. The van der Waals surface area contributed by atoms with Gasteiger partial charge in [0.05, 0.1) is 18.8 Å². The first-order valence-electron chi connectivity index (χ1n) is 6.23. The number of hydrogen-bond acceptors (Lipinski definition) is 8. The standard InChI is InChI=1S/C10H18N6O4S2/c1-5(2)7(11)8(18)12-4-6(17)13-9-14-15-10(21-9)16-22(3,19)20/h5,7H,4,11H2,1-3H3,(H,12,18)(H,15,16)(H,13,14,17)/t7-/m0/s1. The Kier molecular flexibility index (Phi) is 6.20. The average molecular weight is 350 g/mol. The lowest BCUT2D eigenvalue weighted by Gasteiger charge is -2.14. The molecule has 2 amide bonds. The number of nitrogens with zero attached hydrogens (tertiary/aromatic N) is 2. The summed E-state index contributed by atoms with van der Waals surface area (Å²) in [5, 5.41) is 12.1. The summed E-state index contributed by atoms with van der Waals surface area (Å²) >= 11 is 0.852. The van der Waals surface area contributed by atoms with E-state index in [0.29, 0.717) is 0 Å². The van der Waals surface area contributed by atoms with E-state index in [0.717, 1.165) is 17.6 Å². The fourth-order valence-electron chi connectivity index (χ4n) is 1.23. The molecule has 0 spiro atoms. The zero-order chi connectivity index (χ0) is 16.9. The van der Waals surface area contributed by atoms with Crippen LogP contribution in [0.4, 0.5) is 10.3 Å². The van der Waals surface area contributed by atoms with Crippen LogP contribution in [0, 0.1) is 5.92 Å². The smallest absolute Gasteiger partial charge is 0.245 e. The van der Waals surface area contributed by atoms with Crippen LogP contribution in [0.25, 0.3) is 0 Å². The highest BCUT2D eigenvalue weighted by Crippen LogP contribution is 2.20. The lowest BCUT2D eigenvalue weighted by atomic mass is 10.1. The van der Waals surface area contributed by atoms with Crippen molar-refractivity contribution >= 4 is 43.4 Å². The van der Waals surface area contributed by atoms with E-state index in [1.54, 1.807) is 13.8 Å². The van der Waals surface area contributed by atoms with Gasteiger partial charge in [-0.05, 0) is 5.92 Å². The van der Waals surface area contributed by atoms with Gasteiger partial charge in [0.2, 0.25) is 32.1 Å². The second-order valence-electron chi connectivity index (χ2n) is 4.82. The predicted molar refractivity (Wildman–Crippen MR) is 82.8 cm³/mol. The number of nitrogens with two attached hydrogens (primary N) is 1. The Balaban J connectivity index is 2.47. The molecule has 0 aromatic carbocycles. The van der Waals surface area contributed by atoms with Gasteiger partial charge in [0, 0.05) is 0 Å². The molecule has 10 nitrogen and oxygen atoms in total. The molecule has 0 saturated carbocycles. The normalized spacial score (nSPS) is 12.8. The molecule has 124 valence electrons. The van der Waals surface area contributed by atoms with Crippen molar-refractivity contribution in [3.63, 3.8) is 0 Å². The summed E-state index contributed by atoms with van der Waals surface area (Å²) in [6.07, 6.45) is 0.972. The number of anilines is 2. The van der Waals surface area contributed by atoms with Crippen LogP contribution >= 0.6 is 11.3 Å². The predicted octanol–water partition coefficient (Wildman–Crippen LogP) is -1.05. The van der Waals surface area contributed by atoms with Gasteiger partial charge < -0.3 is 11.1 Å². The minimum absolute atomic E-state index is 0.0312. The van der Waals surface area contributed by atoms with E-state index in [1.807, 2.05) is 0 Å². The molecule has 0 fully saturated rings. The second kappa shape index (κ2) is 7.47. The maximum atomic E-state index is 11.6. The first-order chi connectivity index (χ1) is 10.1. The SMILES string of the molecule is CC(C)[C@H](N)C(=O)NCC(=O)Nc1nnc(NS(C)(=O)=O)s1. The fourth-order valence-corrected chi connectivity index (χ4v) is 2.72. The average Bonchev–Trinajstić information content (AvgIpc) is 2.79. The number of rotatable bonds is 7. The van der Waals surface area contributed by atoms with Gasteiger partial charge in [0.1, 0.15) is 0 Å². The summed E-state index contributed by atoms with van der Waals surface area (Å²) in [6, 6.07) is -0.695. The van der Waals surface area contributed by atoms with Crippen molar-refractivity contribution in [1.29, 1.82) is 0 Å². The Morgan fingerprint density at radius 1 is 1.27 bits per heavy atom. The van der Waals surface area contributed by atoms with E-state index in [1.165, 1.54) is 0 Å². The molecule has 0 aliphatic carbocycles. The van der Waals surface area contributed by atoms with E-state index in [9.17, 15) is 18.0 Å². The summed E-state index contributed by atoms with van der Waals surface area (Å²) in [5.74, 6) is -0.996. The van der Waals surface area contributed by atoms with Gasteiger partial charge in [-0.3, -0.25) is 19.6 Å². The maximum Gasteiger partial charge on any atom is 0.245 e. The Bertz CT molecular complexity index is 642. The van der Waals surface area contributed by atoms with Gasteiger partial charge in [-0.1, -0.05) is 25.2 Å². The van der Waals surface area contributed by atoms with Crippen molar-refractivity contribution in [1.82, 2.24) is 15.5 Å². The highest BCUT2D eigenvalue weighted by molar-refractivity contribution is 7.92. The molecule has 0 bridgehead atoms. The van der Waals surface area contributed by atoms with Gasteiger partial charge in [-0.15, -0.1) is 10.2 Å². The van der Waals surface area contributed by atoms with E-state index < -0.39 is 27.9 Å². The zero-order valence-corrected chi connectivity index (χ0v) is 13.9.